The van der Waals surface area contributed by atoms with Gasteiger partial charge in [-0.2, -0.15) is 0 Å². The highest BCUT2D eigenvalue weighted by atomic mass is 35.5. The third kappa shape index (κ3) is 5.91. The van der Waals surface area contributed by atoms with Crippen LogP contribution < -0.4 is 10.6 Å². The fourth-order valence-electron chi connectivity index (χ4n) is 2.20. The van der Waals surface area contributed by atoms with Crippen LogP contribution in [0.5, 0.6) is 0 Å². The molecule has 0 fully saturated rings. The minimum absolute atomic E-state index is 0.0338. The number of hydrogen-bond donors (Lipinski definition) is 2. The van der Waals surface area contributed by atoms with Gasteiger partial charge in [-0.15, -0.1) is 0 Å². The van der Waals surface area contributed by atoms with Crippen LogP contribution in [0.2, 0.25) is 5.02 Å². The van der Waals surface area contributed by atoms with E-state index in [1.165, 1.54) is 0 Å². The van der Waals surface area contributed by atoms with Crippen molar-refractivity contribution < 1.29 is 9.59 Å². The van der Waals surface area contributed by atoms with Crippen LogP contribution in [0.4, 0.5) is 11.4 Å². The molecule has 132 valence electrons. The van der Waals surface area contributed by atoms with Crippen molar-refractivity contribution in [2.45, 2.75) is 33.6 Å². The first-order valence-corrected chi connectivity index (χ1v) is 8.69. The summed E-state index contributed by atoms with van der Waals surface area (Å²) >= 11 is 6.10. The number of aryl methyl sites for hydroxylation is 2. The van der Waals surface area contributed by atoms with E-state index in [0.29, 0.717) is 24.2 Å². The first kappa shape index (κ1) is 19.0. The normalized spacial score (nSPS) is 10.6. The zero-order chi connectivity index (χ0) is 18.4. The molecule has 5 heteroatoms. The maximum atomic E-state index is 12.1. The predicted octanol–water partition coefficient (Wildman–Crippen LogP) is 4.81. The summed E-state index contributed by atoms with van der Waals surface area (Å²) in [5, 5.41) is 6.39. The second kappa shape index (κ2) is 8.67. The third-order valence-electron chi connectivity index (χ3n) is 3.84. The Morgan fingerprint density at radius 1 is 1.00 bits per heavy atom. The molecule has 4 nitrogen and oxygen atoms in total. The zero-order valence-corrected chi connectivity index (χ0v) is 15.5. The number of amides is 2. The summed E-state index contributed by atoms with van der Waals surface area (Å²) in [6.07, 6.45) is 1.01. The van der Waals surface area contributed by atoms with Crippen molar-refractivity contribution in [2.24, 2.45) is 5.92 Å². The number of benzene rings is 2. The number of halogens is 1. The van der Waals surface area contributed by atoms with Gasteiger partial charge >= 0.3 is 0 Å². The molecule has 0 aliphatic carbocycles. The molecule has 0 aliphatic heterocycles. The van der Waals surface area contributed by atoms with Crippen molar-refractivity contribution in [3.05, 3.63) is 58.6 Å². The number of hydrogen-bond acceptors (Lipinski definition) is 2. The van der Waals surface area contributed by atoms with Gasteiger partial charge in [-0.1, -0.05) is 37.6 Å². The highest BCUT2D eigenvalue weighted by Gasteiger charge is 2.08. The smallest absolute Gasteiger partial charge is 0.226 e. The maximum Gasteiger partial charge on any atom is 0.226 e. The molecule has 0 heterocycles. The van der Waals surface area contributed by atoms with E-state index in [0.717, 1.165) is 16.1 Å². The van der Waals surface area contributed by atoms with Crippen LogP contribution in [-0.4, -0.2) is 11.8 Å². The van der Waals surface area contributed by atoms with E-state index in [2.05, 4.69) is 10.6 Å². The largest absolute Gasteiger partial charge is 0.326 e. The van der Waals surface area contributed by atoms with Crippen LogP contribution in [0.1, 0.15) is 31.4 Å². The van der Waals surface area contributed by atoms with Crippen LogP contribution in [0.3, 0.4) is 0 Å². The van der Waals surface area contributed by atoms with Gasteiger partial charge in [-0.05, 0) is 54.8 Å². The van der Waals surface area contributed by atoms with Crippen LogP contribution >= 0.6 is 11.6 Å². The lowest BCUT2D eigenvalue weighted by Gasteiger charge is -2.09. The van der Waals surface area contributed by atoms with E-state index in [1.54, 1.807) is 24.3 Å². The summed E-state index contributed by atoms with van der Waals surface area (Å²) in [7, 11) is 0. The lowest BCUT2D eigenvalue weighted by atomic mass is 10.1. The lowest BCUT2D eigenvalue weighted by Crippen LogP contribution is -2.17. The Bertz CT molecular complexity index is 755. The second-order valence-electron chi connectivity index (χ2n) is 6.35. The van der Waals surface area contributed by atoms with Crippen molar-refractivity contribution >= 4 is 34.8 Å². The Balaban J connectivity index is 1.85. The molecule has 0 aliphatic rings. The SMILES string of the molecule is Cc1ccc(CCC(=O)Nc2ccc(NC(=O)C(C)C)cc2)cc1Cl. The molecule has 0 unspecified atom stereocenters. The van der Waals surface area contributed by atoms with E-state index in [-0.39, 0.29) is 17.7 Å². The maximum absolute atomic E-state index is 12.1. The standard InChI is InChI=1S/C20H23ClN2O2/c1-13(2)20(25)23-17-9-7-16(8-10-17)22-19(24)11-6-15-5-4-14(3)18(21)12-15/h4-5,7-10,12-13H,6,11H2,1-3H3,(H,22,24)(H,23,25). The third-order valence-corrected chi connectivity index (χ3v) is 4.24. The summed E-state index contributed by atoms with van der Waals surface area (Å²) in [6, 6.07) is 12.9. The quantitative estimate of drug-likeness (QED) is 0.778. The summed E-state index contributed by atoms with van der Waals surface area (Å²) in [4.78, 5) is 23.7. The average molecular weight is 359 g/mol. The van der Waals surface area contributed by atoms with Gasteiger partial charge in [0.2, 0.25) is 11.8 Å². The summed E-state index contributed by atoms with van der Waals surface area (Å²) in [5.74, 6) is -0.168. The van der Waals surface area contributed by atoms with E-state index in [4.69, 9.17) is 11.6 Å². The van der Waals surface area contributed by atoms with Gasteiger partial charge in [-0.3, -0.25) is 9.59 Å². The van der Waals surface area contributed by atoms with E-state index >= 15 is 0 Å². The zero-order valence-electron chi connectivity index (χ0n) is 14.7. The molecule has 2 amide bonds. The Morgan fingerprint density at radius 2 is 1.60 bits per heavy atom. The molecule has 0 radical (unpaired) electrons. The van der Waals surface area contributed by atoms with Gasteiger partial charge in [0.15, 0.2) is 0 Å². The minimum atomic E-state index is -0.0744. The molecule has 2 aromatic carbocycles. The molecular formula is C20H23ClN2O2. The molecule has 2 aromatic rings. The van der Waals surface area contributed by atoms with Crippen LogP contribution in [0.25, 0.3) is 0 Å². The van der Waals surface area contributed by atoms with Crippen molar-refractivity contribution in [3.63, 3.8) is 0 Å². The molecule has 25 heavy (non-hydrogen) atoms. The van der Waals surface area contributed by atoms with Crippen molar-refractivity contribution in [3.8, 4) is 0 Å². The fourth-order valence-corrected chi connectivity index (χ4v) is 2.40. The minimum Gasteiger partial charge on any atom is -0.326 e. The van der Waals surface area contributed by atoms with Crippen LogP contribution in [0, 0.1) is 12.8 Å². The van der Waals surface area contributed by atoms with Gasteiger partial charge < -0.3 is 10.6 Å². The first-order valence-electron chi connectivity index (χ1n) is 8.31. The van der Waals surface area contributed by atoms with Gasteiger partial charge in [0.25, 0.3) is 0 Å². The predicted molar refractivity (Wildman–Crippen MR) is 103 cm³/mol. The Labute approximate surface area is 153 Å². The molecule has 0 spiro atoms. The second-order valence-corrected chi connectivity index (χ2v) is 6.76. The topological polar surface area (TPSA) is 58.2 Å². The van der Waals surface area contributed by atoms with Crippen LogP contribution in [0.15, 0.2) is 42.5 Å². The fraction of sp³-hybridized carbons (Fsp3) is 0.300. The summed E-state index contributed by atoms with van der Waals surface area (Å²) in [6.45, 7) is 5.63. The Morgan fingerprint density at radius 3 is 2.16 bits per heavy atom. The molecule has 2 rings (SSSR count). The summed E-state index contributed by atoms with van der Waals surface area (Å²) in [5.41, 5.74) is 3.48. The monoisotopic (exact) mass is 358 g/mol. The van der Waals surface area contributed by atoms with E-state index in [1.807, 2.05) is 39.0 Å². The Kier molecular flexibility index (Phi) is 6.59. The highest BCUT2D eigenvalue weighted by Crippen LogP contribution is 2.18. The van der Waals surface area contributed by atoms with Gasteiger partial charge in [-0.25, -0.2) is 0 Å². The van der Waals surface area contributed by atoms with Gasteiger partial charge in [0, 0.05) is 28.7 Å². The van der Waals surface area contributed by atoms with Crippen LogP contribution in [-0.2, 0) is 16.0 Å². The van der Waals surface area contributed by atoms with Crippen molar-refractivity contribution in [2.75, 3.05) is 10.6 Å². The number of nitrogens with one attached hydrogen (secondary N) is 2. The number of rotatable bonds is 6. The number of carbonyl (C=O) groups excluding carboxylic acids is 2. The molecule has 0 atom stereocenters. The molecule has 0 aromatic heterocycles. The molecule has 0 saturated heterocycles. The molecular weight excluding hydrogens is 336 g/mol. The first-order chi connectivity index (χ1) is 11.8. The van der Waals surface area contributed by atoms with E-state index < -0.39 is 0 Å². The molecule has 0 bridgehead atoms. The number of anilines is 2. The van der Waals surface area contributed by atoms with Crippen molar-refractivity contribution in [1.29, 1.82) is 0 Å². The highest BCUT2D eigenvalue weighted by molar-refractivity contribution is 6.31. The van der Waals surface area contributed by atoms with Crippen molar-refractivity contribution in [1.82, 2.24) is 0 Å². The number of carbonyl (C=O) groups is 2. The lowest BCUT2D eigenvalue weighted by molar-refractivity contribution is -0.119. The van der Waals surface area contributed by atoms with Gasteiger partial charge in [0.05, 0.1) is 0 Å². The molecule has 2 N–H and O–H groups in total. The average Bonchev–Trinajstić information content (AvgIpc) is 2.57. The van der Waals surface area contributed by atoms with Gasteiger partial charge in [0.1, 0.15) is 0 Å². The van der Waals surface area contributed by atoms with E-state index in [9.17, 15) is 9.59 Å². The molecule has 0 saturated carbocycles. The summed E-state index contributed by atoms with van der Waals surface area (Å²) < 4.78 is 0. The Hall–Kier alpha value is -2.33.